The van der Waals surface area contributed by atoms with Crippen LogP contribution in [0.15, 0.2) is 52.4 Å². The first-order valence-corrected chi connectivity index (χ1v) is 9.94. The van der Waals surface area contributed by atoms with Gasteiger partial charge in [0.15, 0.2) is 0 Å². The fourth-order valence-corrected chi connectivity index (χ4v) is 5.00. The van der Waals surface area contributed by atoms with E-state index < -0.39 is 0 Å². The third kappa shape index (κ3) is 2.87. The molecule has 0 N–H and O–H groups in total. The maximum absolute atomic E-state index is 12.5. The first-order valence-electron chi connectivity index (χ1n) is 9.06. The van der Waals surface area contributed by atoms with Gasteiger partial charge < -0.3 is 9.42 Å². The van der Waals surface area contributed by atoms with Gasteiger partial charge in [-0.15, -0.1) is 11.3 Å². The van der Waals surface area contributed by atoms with Crippen LogP contribution >= 0.6 is 11.3 Å². The molecule has 0 saturated carbocycles. The van der Waals surface area contributed by atoms with Gasteiger partial charge in [0.05, 0.1) is 10.9 Å². The molecule has 6 nitrogen and oxygen atoms in total. The van der Waals surface area contributed by atoms with E-state index in [0.29, 0.717) is 11.7 Å². The summed E-state index contributed by atoms with van der Waals surface area (Å²) in [4.78, 5) is 22.2. The Balaban J connectivity index is 1.29. The molecule has 138 valence electrons. The molecular weight excluding hydrogens is 360 g/mol. The first-order chi connectivity index (χ1) is 13.1. The largest absolute Gasteiger partial charge is 0.337 e. The van der Waals surface area contributed by atoms with Crippen molar-refractivity contribution in [1.29, 1.82) is 0 Å². The predicted molar refractivity (Wildman–Crippen MR) is 102 cm³/mol. The first kappa shape index (κ1) is 16.6. The highest BCUT2D eigenvalue weighted by Crippen LogP contribution is 2.47. The molecule has 2 saturated heterocycles. The van der Waals surface area contributed by atoms with Crippen molar-refractivity contribution >= 4 is 17.2 Å². The van der Waals surface area contributed by atoms with Crippen LogP contribution < -0.4 is 0 Å². The van der Waals surface area contributed by atoms with Gasteiger partial charge in [0.1, 0.15) is 0 Å². The van der Waals surface area contributed by atoms with Gasteiger partial charge in [0.25, 0.3) is 5.91 Å². The number of nitrogens with zero attached hydrogens (tertiary/aromatic N) is 4. The zero-order valence-electron chi connectivity index (χ0n) is 15.0. The summed E-state index contributed by atoms with van der Waals surface area (Å²) in [5, 5.41) is 6.10. The highest BCUT2D eigenvalue weighted by molar-refractivity contribution is 7.12. The topological polar surface area (TPSA) is 62.5 Å². The zero-order chi connectivity index (χ0) is 18.4. The minimum atomic E-state index is 0.106. The lowest BCUT2D eigenvalue weighted by Gasteiger charge is -2.47. The van der Waals surface area contributed by atoms with Crippen molar-refractivity contribution in [2.75, 3.05) is 26.7 Å². The van der Waals surface area contributed by atoms with Crippen molar-refractivity contribution in [1.82, 2.24) is 19.9 Å². The minimum absolute atomic E-state index is 0.106. The van der Waals surface area contributed by atoms with Gasteiger partial charge in [0.2, 0.25) is 11.7 Å². The molecule has 1 spiro atoms. The SMILES string of the molecule is CN1CC2(CC1c1nc(-c3ccccc3)no1)CN(C(=O)c1cccs1)C2. The summed E-state index contributed by atoms with van der Waals surface area (Å²) in [5.74, 6) is 1.44. The highest BCUT2D eigenvalue weighted by atomic mass is 32.1. The molecule has 4 heterocycles. The summed E-state index contributed by atoms with van der Waals surface area (Å²) in [6.07, 6.45) is 0.939. The van der Waals surface area contributed by atoms with Crippen molar-refractivity contribution in [2.24, 2.45) is 5.41 Å². The number of benzene rings is 1. The lowest BCUT2D eigenvalue weighted by molar-refractivity contribution is 0.0119. The number of hydrogen-bond acceptors (Lipinski definition) is 6. The van der Waals surface area contributed by atoms with E-state index in [0.717, 1.165) is 36.5 Å². The maximum atomic E-state index is 12.5. The van der Waals surface area contributed by atoms with Gasteiger partial charge in [-0.05, 0) is 24.9 Å². The van der Waals surface area contributed by atoms with Crippen molar-refractivity contribution in [3.63, 3.8) is 0 Å². The molecule has 1 unspecified atom stereocenters. The van der Waals surface area contributed by atoms with E-state index in [2.05, 4.69) is 22.1 Å². The molecule has 2 aliphatic heterocycles. The molecule has 7 heteroatoms. The number of thiophene rings is 1. The van der Waals surface area contributed by atoms with Crippen LogP contribution in [-0.4, -0.2) is 52.5 Å². The summed E-state index contributed by atoms with van der Waals surface area (Å²) in [5.41, 5.74) is 1.09. The fraction of sp³-hybridized carbons (Fsp3) is 0.350. The summed E-state index contributed by atoms with van der Waals surface area (Å²) in [6.45, 7) is 2.53. The average Bonchev–Trinajstić information content (AvgIpc) is 3.40. The van der Waals surface area contributed by atoms with Crippen LogP contribution in [0, 0.1) is 5.41 Å². The highest BCUT2D eigenvalue weighted by Gasteiger charge is 2.53. The summed E-state index contributed by atoms with van der Waals surface area (Å²) in [6, 6.07) is 13.8. The molecule has 1 aromatic carbocycles. The van der Waals surface area contributed by atoms with Crippen LogP contribution in [0.3, 0.4) is 0 Å². The van der Waals surface area contributed by atoms with E-state index in [1.54, 1.807) is 0 Å². The number of amides is 1. The van der Waals surface area contributed by atoms with Gasteiger partial charge in [-0.2, -0.15) is 4.98 Å². The third-order valence-corrected chi connectivity index (χ3v) is 6.43. The molecule has 2 aliphatic rings. The Labute approximate surface area is 161 Å². The smallest absolute Gasteiger partial charge is 0.263 e. The number of carbonyl (C=O) groups excluding carboxylic acids is 1. The van der Waals surface area contributed by atoms with E-state index >= 15 is 0 Å². The number of likely N-dealkylation sites (tertiary alicyclic amines) is 2. The van der Waals surface area contributed by atoms with Crippen LogP contribution in [0.2, 0.25) is 0 Å². The van der Waals surface area contributed by atoms with Crippen molar-refractivity contribution in [2.45, 2.75) is 12.5 Å². The Hall–Kier alpha value is -2.51. The van der Waals surface area contributed by atoms with E-state index in [4.69, 9.17) is 4.52 Å². The second kappa shape index (κ2) is 6.28. The van der Waals surface area contributed by atoms with Gasteiger partial charge in [-0.1, -0.05) is 41.6 Å². The molecule has 5 rings (SSSR count). The van der Waals surface area contributed by atoms with Gasteiger partial charge in [-0.25, -0.2) is 0 Å². The summed E-state index contributed by atoms with van der Waals surface area (Å²) >= 11 is 1.50. The number of aromatic nitrogens is 2. The lowest BCUT2D eigenvalue weighted by atomic mass is 9.77. The minimum Gasteiger partial charge on any atom is -0.337 e. The Bertz CT molecular complexity index is 948. The summed E-state index contributed by atoms with van der Waals surface area (Å²) in [7, 11) is 2.09. The lowest BCUT2D eigenvalue weighted by Crippen LogP contribution is -2.59. The monoisotopic (exact) mass is 380 g/mol. The van der Waals surface area contributed by atoms with E-state index in [1.165, 1.54) is 11.3 Å². The predicted octanol–water partition coefficient (Wildman–Crippen LogP) is 3.32. The third-order valence-electron chi connectivity index (χ3n) is 5.57. The molecule has 2 fully saturated rings. The quantitative estimate of drug-likeness (QED) is 0.698. The number of rotatable bonds is 3. The molecule has 1 amide bonds. The zero-order valence-corrected chi connectivity index (χ0v) is 15.9. The molecule has 0 aliphatic carbocycles. The molecule has 1 atom stereocenters. The van der Waals surface area contributed by atoms with Crippen molar-refractivity contribution < 1.29 is 9.32 Å². The van der Waals surface area contributed by atoms with Crippen molar-refractivity contribution in [3.8, 4) is 11.4 Å². The molecule has 0 radical (unpaired) electrons. The average molecular weight is 380 g/mol. The van der Waals surface area contributed by atoms with E-state index in [-0.39, 0.29) is 17.4 Å². The fourth-order valence-electron chi connectivity index (χ4n) is 4.31. The van der Waals surface area contributed by atoms with Crippen LogP contribution in [-0.2, 0) is 0 Å². The van der Waals surface area contributed by atoms with E-state index in [1.807, 2.05) is 52.7 Å². The standard InChI is InChI=1S/C20H20N4O2S/c1-23-11-20(12-24(13-20)19(25)16-8-5-9-27-16)10-15(23)18-21-17(22-26-18)14-6-3-2-4-7-14/h2-9,15H,10-13H2,1H3. The Morgan fingerprint density at radius 2 is 2.00 bits per heavy atom. The van der Waals surface area contributed by atoms with Crippen molar-refractivity contribution in [3.05, 3.63) is 58.6 Å². The second-order valence-corrected chi connectivity index (χ2v) is 8.54. The van der Waals surface area contributed by atoms with Crippen LogP contribution in [0.5, 0.6) is 0 Å². The van der Waals surface area contributed by atoms with Gasteiger partial charge in [0, 0.05) is 30.6 Å². The van der Waals surface area contributed by atoms with E-state index in [9.17, 15) is 4.79 Å². The number of carbonyl (C=O) groups is 1. The van der Waals surface area contributed by atoms with Gasteiger partial charge in [-0.3, -0.25) is 9.69 Å². The normalized spacial score (nSPS) is 21.5. The molecule has 3 aromatic rings. The Morgan fingerprint density at radius 1 is 1.19 bits per heavy atom. The van der Waals surface area contributed by atoms with Gasteiger partial charge >= 0.3 is 0 Å². The Kier molecular flexibility index (Phi) is 3.87. The van der Waals surface area contributed by atoms with Crippen LogP contribution in [0.1, 0.15) is 28.0 Å². The Morgan fingerprint density at radius 3 is 2.74 bits per heavy atom. The molecule has 0 bridgehead atoms. The van der Waals surface area contributed by atoms with Crippen LogP contribution in [0.25, 0.3) is 11.4 Å². The maximum Gasteiger partial charge on any atom is 0.263 e. The second-order valence-electron chi connectivity index (χ2n) is 7.60. The molecule has 27 heavy (non-hydrogen) atoms. The molecule has 2 aromatic heterocycles. The summed E-state index contributed by atoms with van der Waals surface area (Å²) < 4.78 is 5.59. The number of hydrogen-bond donors (Lipinski definition) is 0. The van der Waals surface area contributed by atoms with Crippen LogP contribution in [0.4, 0.5) is 0 Å². The molecular formula is C20H20N4O2S.